The Balaban J connectivity index is 2.02. The normalized spacial score (nSPS) is 11.3. The Kier molecular flexibility index (Phi) is 6.05. The van der Waals surface area contributed by atoms with Gasteiger partial charge in [0.25, 0.3) is 0 Å². The first-order valence-electron chi connectivity index (χ1n) is 8.07. The van der Waals surface area contributed by atoms with Crippen LogP contribution in [0.1, 0.15) is 37.5 Å². The fraction of sp³-hybridized carbons (Fsp3) is 0.350. The molecular weight excluding hydrogens is 366 g/mol. The number of carbonyl (C=O) groups is 1. The molecule has 2 aromatic rings. The van der Waals surface area contributed by atoms with Gasteiger partial charge < -0.3 is 10.0 Å². The van der Waals surface area contributed by atoms with E-state index < -0.39 is 6.09 Å². The second-order valence-corrected chi connectivity index (χ2v) is 7.95. The van der Waals surface area contributed by atoms with Gasteiger partial charge in [-0.25, -0.2) is 4.79 Å². The molecular formula is C20H24BrNO2. The quantitative estimate of drug-likeness (QED) is 0.736. The summed E-state index contributed by atoms with van der Waals surface area (Å²) in [6, 6.07) is 16.2. The van der Waals surface area contributed by atoms with Gasteiger partial charge in [0.15, 0.2) is 0 Å². The maximum atomic E-state index is 11.5. The van der Waals surface area contributed by atoms with E-state index in [0.717, 1.165) is 15.6 Å². The summed E-state index contributed by atoms with van der Waals surface area (Å²) in [5.41, 5.74) is 3.49. The third kappa shape index (κ3) is 5.38. The van der Waals surface area contributed by atoms with E-state index in [1.165, 1.54) is 10.5 Å². The average Bonchev–Trinajstić information content (AvgIpc) is 2.51. The summed E-state index contributed by atoms with van der Waals surface area (Å²) in [5.74, 6) is 0. The van der Waals surface area contributed by atoms with E-state index in [0.29, 0.717) is 19.5 Å². The van der Waals surface area contributed by atoms with Crippen LogP contribution in [0.4, 0.5) is 4.79 Å². The smallest absolute Gasteiger partial charge is 0.407 e. The van der Waals surface area contributed by atoms with E-state index in [1.807, 2.05) is 36.4 Å². The molecule has 0 bridgehead atoms. The van der Waals surface area contributed by atoms with Crippen molar-refractivity contribution in [3.8, 4) is 0 Å². The summed E-state index contributed by atoms with van der Waals surface area (Å²) in [5, 5.41) is 9.47. The van der Waals surface area contributed by atoms with E-state index in [9.17, 15) is 9.90 Å². The molecule has 0 aliphatic heterocycles. The van der Waals surface area contributed by atoms with Crippen LogP contribution in [0.2, 0.25) is 0 Å². The number of halogens is 1. The van der Waals surface area contributed by atoms with Crippen molar-refractivity contribution < 1.29 is 9.90 Å². The summed E-state index contributed by atoms with van der Waals surface area (Å²) < 4.78 is 1.01. The van der Waals surface area contributed by atoms with Crippen LogP contribution in [-0.4, -0.2) is 22.6 Å². The average molecular weight is 390 g/mol. The second kappa shape index (κ2) is 7.84. The summed E-state index contributed by atoms with van der Waals surface area (Å²) in [6.45, 7) is 7.40. The molecule has 24 heavy (non-hydrogen) atoms. The van der Waals surface area contributed by atoms with E-state index in [4.69, 9.17) is 0 Å². The Morgan fingerprint density at radius 2 is 1.75 bits per heavy atom. The van der Waals surface area contributed by atoms with Crippen LogP contribution in [0.3, 0.4) is 0 Å². The lowest BCUT2D eigenvalue weighted by Gasteiger charge is -2.22. The first-order valence-corrected chi connectivity index (χ1v) is 8.87. The topological polar surface area (TPSA) is 40.5 Å². The Hall–Kier alpha value is -1.81. The molecule has 3 nitrogen and oxygen atoms in total. The molecule has 2 aromatic carbocycles. The van der Waals surface area contributed by atoms with E-state index in [1.54, 1.807) is 0 Å². The molecule has 0 fully saturated rings. The molecule has 0 aliphatic carbocycles. The van der Waals surface area contributed by atoms with Crippen LogP contribution in [-0.2, 0) is 18.4 Å². The van der Waals surface area contributed by atoms with Crippen LogP contribution >= 0.6 is 15.9 Å². The van der Waals surface area contributed by atoms with Gasteiger partial charge in [-0.15, -0.1) is 0 Å². The molecule has 0 saturated carbocycles. The van der Waals surface area contributed by atoms with Crippen molar-refractivity contribution in [2.45, 2.75) is 39.2 Å². The zero-order valence-corrected chi connectivity index (χ0v) is 16.0. The fourth-order valence-corrected chi connectivity index (χ4v) is 2.98. The predicted octanol–water partition coefficient (Wildman–Crippen LogP) is 5.47. The lowest BCUT2D eigenvalue weighted by Crippen LogP contribution is -2.31. The van der Waals surface area contributed by atoms with E-state index in [2.05, 4.69) is 48.8 Å². The van der Waals surface area contributed by atoms with E-state index >= 15 is 0 Å². The largest absolute Gasteiger partial charge is 0.465 e. The van der Waals surface area contributed by atoms with Gasteiger partial charge in [0.1, 0.15) is 0 Å². The summed E-state index contributed by atoms with van der Waals surface area (Å²) in [6.07, 6.45) is -0.184. The molecule has 0 saturated heterocycles. The van der Waals surface area contributed by atoms with Crippen LogP contribution in [0.15, 0.2) is 53.0 Å². The number of benzene rings is 2. The third-order valence-corrected chi connectivity index (χ3v) is 4.52. The minimum atomic E-state index is -0.884. The van der Waals surface area contributed by atoms with Gasteiger partial charge in [-0.2, -0.15) is 0 Å². The number of nitrogens with zero attached hydrogens (tertiary/aromatic N) is 1. The summed E-state index contributed by atoms with van der Waals surface area (Å²) in [4.78, 5) is 13.0. The number of rotatable bonds is 5. The Morgan fingerprint density at radius 1 is 1.08 bits per heavy atom. The number of carboxylic acid groups (broad SMARTS) is 1. The number of amides is 1. The maximum absolute atomic E-state index is 11.5. The van der Waals surface area contributed by atoms with Gasteiger partial charge in [-0.3, -0.25) is 0 Å². The van der Waals surface area contributed by atoms with Crippen molar-refractivity contribution in [1.29, 1.82) is 0 Å². The molecule has 0 aliphatic rings. The standard InChI is InChI=1S/C20H24BrNO2/c1-20(2,3)17-9-7-16(8-10-17)14-22(19(23)24)12-11-15-5-4-6-18(21)13-15/h4-10,13H,11-12,14H2,1-3H3,(H,23,24). The Bertz CT molecular complexity index is 690. The second-order valence-electron chi connectivity index (χ2n) is 7.03. The minimum Gasteiger partial charge on any atom is -0.465 e. The fourth-order valence-electron chi connectivity index (χ4n) is 2.53. The predicted molar refractivity (Wildman–Crippen MR) is 101 cm³/mol. The first-order chi connectivity index (χ1) is 11.3. The molecule has 4 heteroatoms. The third-order valence-electron chi connectivity index (χ3n) is 4.02. The Labute approximate surface area is 152 Å². The van der Waals surface area contributed by atoms with Crippen LogP contribution in [0, 0.1) is 0 Å². The van der Waals surface area contributed by atoms with Gasteiger partial charge in [0.05, 0.1) is 0 Å². The highest BCUT2D eigenvalue weighted by Crippen LogP contribution is 2.22. The molecule has 1 amide bonds. The van der Waals surface area contributed by atoms with Crippen molar-refractivity contribution >= 4 is 22.0 Å². The molecule has 0 spiro atoms. The van der Waals surface area contributed by atoms with Crippen molar-refractivity contribution in [2.75, 3.05) is 6.54 Å². The van der Waals surface area contributed by atoms with Crippen LogP contribution < -0.4 is 0 Å². The summed E-state index contributed by atoms with van der Waals surface area (Å²) >= 11 is 3.44. The van der Waals surface area contributed by atoms with Gasteiger partial charge in [-0.05, 0) is 40.7 Å². The van der Waals surface area contributed by atoms with Crippen LogP contribution in [0.25, 0.3) is 0 Å². The maximum Gasteiger partial charge on any atom is 0.407 e. The highest BCUT2D eigenvalue weighted by Gasteiger charge is 2.15. The molecule has 0 atom stereocenters. The van der Waals surface area contributed by atoms with Gasteiger partial charge in [0, 0.05) is 17.6 Å². The van der Waals surface area contributed by atoms with Crippen molar-refractivity contribution in [1.82, 2.24) is 4.90 Å². The van der Waals surface area contributed by atoms with Gasteiger partial charge in [0.2, 0.25) is 0 Å². The van der Waals surface area contributed by atoms with Crippen molar-refractivity contribution in [2.24, 2.45) is 0 Å². The van der Waals surface area contributed by atoms with Crippen molar-refractivity contribution in [3.63, 3.8) is 0 Å². The summed E-state index contributed by atoms with van der Waals surface area (Å²) in [7, 11) is 0. The number of hydrogen-bond donors (Lipinski definition) is 1. The highest BCUT2D eigenvalue weighted by molar-refractivity contribution is 9.10. The highest BCUT2D eigenvalue weighted by atomic mass is 79.9. The van der Waals surface area contributed by atoms with E-state index in [-0.39, 0.29) is 5.41 Å². The SMILES string of the molecule is CC(C)(C)c1ccc(CN(CCc2cccc(Br)c2)C(=O)O)cc1. The molecule has 0 heterocycles. The zero-order chi connectivity index (χ0) is 17.7. The first kappa shape index (κ1) is 18.5. The lowest BCUT2D eigenvalue weighted by molar-refractivity contribution is 0.143. The number of hydrogen-bond acceptors (Lipinski definition) is 1. The Morgan fingerprint density at radius 3 is 2.29 bits per heavy atom. The minimum absolute atomic E-state index is 0.103. The zero-order valence-electron chi connectivity index (χ0n) is 14.4. The van der Waals surface area contributed by atoms with Gasteiger partial charge >= 0.3 is 6.09 Å². The van der Waals surface area contributed by atoms with Crippen LogP contribution in [0.5, 0.6) is 0 Å². The van der Waals surface area contributed by atoms with Gasteiger partial charge in [-0.1, -0.05) is 73.1 Å². The molecule has 2 rings (SSSR count). The molecule has 0 unspecified atom stereocenters. The van der Waals surface area contributed by atoms with Crippen molar-refractivity contribution in [3.05, 3.63) is 69.7 Å². The molecule has 0 aromatic heterocycles. The lowest BCUT2D eigenvalue weighted by atomic mass is 9.87. The molecule has 0 radical (unpaired) electrons. The monoisotopic (exact) mass is 389 g/mol. The molecule has 1 N–H and O–H groups in total. The molecule has 128 valence electrons.